The Morgan fingerprint density at radius 2 is 2.08 bits per heavy atom. The van der Waals surface area contributed by atoms with Crippen LogP contribution in [0, 0.1) is 0 Å². The average molecular weight is 230 g/mol. The summed E-state index contributed by atoms with van der Waals surface area (Å²) in [6, 6.07) is 5.81. The molecule has 0 aliphatic carbocycles. The topological polar surface area (TPSA) is 23.5 Å². The van der Waals surface area contributed by atoms with E-state index in [1.165, 1.54) is 0 Å². The summed E-state index contributed by atoms with van der Waals surface area (Å²) in [6.07, 6.45) is 0. The molecule has 0 atom stereocenters. The molecule has 0 aliphatic heterocycles. The number of aliphatic hydroxyl groups excluding tert-OH is 1. The summed E-state index contributed by atoms with van der Waals surface area (Å²) in [7, 11) is 3.95. The summed E-state index contributed by atoms with van der Waals surface area (Å²) in [5.41, 5.74) is 2.02. The van der Waals surface area contributed by atoms with Crippen LogP contribution in [0.5, 0.6) is 0 Å². The molecule has 3 heteroatoms. The van der Waals surface area contributed by atoms with Crippen LogP contribution in [0.3, 0.4) is 0 Å². The van der Waals surface area contributed by atoms with E-state index in [-0.39, 0.29) is 6.61 Å². The smallest absolute Gasteiger partial charge is 0.0682 e. The van der Waals surface area contributed by atoms with E-state index in [1.807, 2.05) is 37.2 Å². The maximum Gasteiger partial charge on any atom is 0.0682 e. The summed E-state index contributed by atoms with van der Waals surface area (Å²) in [6.45, 7) is 0.0914. The molecule has 0 aromatic heterocycles. The molecule has 0 saturated heterocycles. The maximum absolute atomic E-state index is 8.90. The molecule has 66 valence electrons. The Labute approximate surface area is 80.9 Å². The van der Waals surface area contributed by atoms with Crippen molar-refractivity contribution >= 4 is 21.6 Å². The Morgan fingerprint density at radius 3 is 2.58 bits per heavy atom. The first-order valence-electron chi connectivity index (χ1n) is 3.71. The van der Waals surface area contributed by atoms with Crippen molar-refractivity contribution < 1.29 is 5.11 Å². The van der Waals surface area contributed by atoms with Crippen LogP contribution in [0.25, 0.3) is 0 Å². The molecule has 1 N–H and O–H groups in total. The van der Waals surface area contributed by atoms with E-state index in [0.29, 0.717) is 0 Å². The number of hydrogen-bond acceptors (Lipinski definition) is 2. The molecule has 0 fully saturated rings. The van der Waals surface area contributed by atoms with E-state index in [9.17, 15) is 0 Å². The van der Waals surface area contributed by atoms with E-state index in [4.69, 9.17) is 5.11 Å². The van der Waals surface area contributed by atoms with Gasteiger partial charge in [-0.1, -0.05) is 6.07 Å². The lowest BCUT2D eigenvalue weighted by Crippen LogP contribution is -2.09. The summed E-state index contributed by atoms with van der Waals surface area (Å²) < 4.78 is 1.05. The molecule has 1 rings (SSSR count). The quantitative estimate of drug-likeness (QED) is 0.839. The van der Waals surface area contributed by atoms with Crippen LogP contribution in [0.15, 0.2) is 22.7 Å². The van der Waals surface area contributed by atoms with Crippen molar-refractivity contribution in [2.75, 3.05) is 19.0 Å². The van der Waals surface area contributed by atoms with Crippen molar-refractivity contribution in [1.82, 2.24) is 0 Å². The molecular formula is C9H12BrNO. The summed E-state index contributed by atoms with van der Waals surface area (Å²) in [5, 5.41) is 8.90. The highest BCUT2D eigenvalue weighted by Crippen LogP contribution is 2.25. The second-order valence-corrected chi connectivity index (χ2v) is 3.69. The third-order valence-electron chi connectivity index (χ3n) is 1.67. The predicted octanol–water partition coefficient (Wildman–Crippen LogP) is 2.01. The van der Waals surface area contributed by atoms with Crippen molar-refractivity contribution in [1.29, 1.82) is 0 Å². The lowest BCUT2D eigenvalue weighted by atomic mass is 10.2. The van der Waals surface area contributed by atoms with Gasteiger partial charge in [0.1, 0.15) is 0 Å². The second kappa shape index (κ2) is 3.92. The first-order chi connectivity index (χ1) is 5.65. The van der Waals surface area contributed by atoms with Gasteiger partial charge in [-0.25, -0.2) is 0 Å². The average Bonchev–Trinajstić information content (AvgIpc) is 2.05. The summed E-state index contributed by atoms with van der Waals surface area (Å²) >= 11 is 3.44. The summed E-state index contributed by atoms with van der Waals surface area (Å²) in [4.78, 5) is 2.00. The van der Waals surface area contributed by atoms with Gasteiger partial charge in [0.05, 0.1) is 12.3 Å². The van der Waals surface area contributed by atoms with Gasteiger partial charge in [-0.3, -0.25) is 0 Å². The van der Waals surface area contributed by atoms with Crippen molar-refractivity contribution in [2.45, 2.75) is 6.61 Å². The van der Waals surface area contributed by atoms with E-state index >= 15 is 0 Å². The van der Waals surface area contributed by atoms with Crippen molar-refractivity contribution in [3.8, 4) is 0 Å². The Hall–Kier alpha value is -0.540. The predicted molar refractivity (Wildman–Crippen MR) is 54.4 cm³/mol. The van der Waals surface area contributed by atoms with Crippen LogP contribution in [0.4, 0.5) is 5.69 Å². The fraction of sp³-hybridized carbons (Fsp3) is 0.333. The van der Waals surface area contributed by atoms with Gasteiger partial charge >= 0.3 is 0 Å². The van der Waals surface area contributed by atoms with Crippen molar-refractivity contribution in [2.24, 2.45) is 0 Å². The van der Waals surface area contributed by atoms with Crippen molar-refractivity contribution in [3.05, 3.63) is 28.2 Å². The first-order valence-corrected chi connectivity index (χ1v) is 4.51. The number of benzene rings is 1. The van der Waals surface area contributed by atoms with Crippen LogP contribution >= 0.6 is 15.9 Å². The van der Waals surface area contributed by atoms with Gasteiger partial charge in [-0.2, -0.15) is 0 Å². The Kier molecular flexibility index (Phi) is 3.12. The zero-order valence-electron chi connectivity index (χ0n) is 7.21. The number of anilines is 1. The SMILES string of the molecule is CN(C)c1cc(CO)ccc1Br. The third-order valence-corrected chi connectivity index (χ3v) is 2.35. The lowest BCUT2D eigenvalue weighted by molar-refractivity contribution is 0.282. The molecule has 0 amide bonds. The van der Waals surface area contributed by atoms with Gasteiger partial charge in [0.15, 0.2) is 0 Å². The molecule has 12 heavy (non-hydrogen) atoms. The molecule has 2 nitrogen and oxygen atoms in total. The minimum Gasteiger partial charge on any atom is -0.392 e. The first kappa shape index (κ1) is 9.55. The molecule has 0 bridgehead atoms. The van der Waals surface area contributed by atoms with Gasteiger partial charge in [0, 0.05) is 18.6 Å². The molecule has 0 unspecified atom stereocenters. The fourth-order valence-electron chi connectivity index (χ4n) is 0.999. The molecule has 0 spiro atoms. The number of halogens is 1. The van der Waals surface area contributed by atoms with Crippen LogP contribution < -0.4 is 4.90 Å². The van der Waals surface area contributed by atoms with E-state index in [2.05, 4.69) is 15.9 Å². The third kappa shape index (κ3) is 1.99. The number of hydrogen-bond donors (Lipinski definition) is 1. The Morgan fingerprint density at radius 1 is 1.42 bits per heavy atom. The highest BCUT2D eigenvalue weighted by atomic mass is 79.9. The van der Waals surface area contributed by atoms with Gasteiger partial charge in [-0.15, -0.1) is 0 Å². The zero-order chi connectivity index (χ0) is 9.14. The van der Waals surface area contributed by atoms with Crippen LogP contribution in [0.1, 0.15) is 5.56 Å². The minimum absolute atomic E-state index is 0.0914. The van der Waals surface area contributed by atoms with Crippen LogP contribution in [-0.4, -0.2) is 19.2 Å². The summed E-state index contributed by atoms with van der Waals surface area (Å²) in [5.74, 6) is 0. The van der Waals surface area contributed by atoms with Crippen LogP contribution in [-0.2, 0) is 6.61 Å². The molecule has 0 radical (unpaired) electrons. The number of aliphatic hydroxyl groups is 1. The van der Waals surface area contributed by atoms with Gasteiger partial charge < -0.3 is 10.0 Å². The molecule has 0 saturated carbocycles. The molecule has 0 heterocycles. The highest BCUT2D eigenvalue weighted by Gasteiger charge is 2.02. The van der Waals surface area contributed by atoms with E-state index < -0.39 is 0 Å². The fourth-order valence-corrected chi connectivity index (χ4v) is 1.60. The Balaban J connectivity index is 3.08. The maximum atomic E-state index is 8.90. The van der Waals surface area contributed by atoms with E-state index in [1.54, 1.807) is 0 Å². The molecular weight excluding hydrogens is 218 g/mol. The number of rotatable bonds is 2. The van der Waals surface area contributed by atoms with Crippen LogP contribution in [0.2, 0.25) is 0 Å². The molecule has 0 aliphatic rings. The van der Waals surface area contributed by atoms with Gasteiger partial charge in [0.2, 0.25) is 0 Å². The largest absolute Gasteiger partial charge is 0.392 e. The van der Waals surface area contributed by atoms with Gasteiger partial charge in [-0.05, 0) is 33.6 Å². The Bertz CT molecular complexity index is 273. The second-order valence-electron chi connectivity index (χ2n) is 2.84. The standard InChI is InChI=1S/C9H12BrNO/c1-11(2)9-5-7(6-12)3-4-8(9)10/h3-5,12H,6H2,1-2H3. The highest BCUT2D eigenvalue weighted by molar-refractivity contribution is 9.10. The minimum atomic E-state index is 0.0914. The zero-order valence-corrected chi connectivity index (χ0v) is 8.80. The lowest BCUT2D eigenvalue weighted by Gasteiger charge is -2.15. The molecule has 1 aromatic rings. The normalized spacial score (nSPS) is 10.0. The van der Waals surface area contributed by atoms with Crippen molar-refractivity contribution in [3.63, 3.8) is 0 Å². The monoisotopic (exact) mass is 229 g/mol. The molecule has 1 aromatic carbocycles. The number of nitrogens with zero attached hydrogens (tertiary/aromatic N) is 1. The van der Waals surface area contributed by atoms with Gasteiger partial charge in [0.25, 0.3) is 0 Å². The van der Waals surface area contributed by atoms with E-state index in [0.717, 1.165) is 15.7 Å².